The van der Waals surface area contributed by atoms with Crippen molar-refractivity contribution in [3.63, 3.8) is 0 Å². The molecule has 116 valence electrons. The molecule has 4 rings (SSSR count). The van der Waals surface area contributed by atoms with Crippen LogP contribution in [0.1, 0.15) is 24.1 Å². The number of ether oxygens (including phenoxy) is 1. The van der Waals surface area contributed by atoms with Crippen LogP contribution in [0.25, 0.3) is 10.8 Å². The summed E-state index contributed by atoms with van der Waals surface area (Å²) in [6.07, 6.45) is 6.49. The van der Waals surface area contributed by atoms with Gasteiger partial charge in [0, 0.05) is 36.2 Å². The second-order valence-electron chi connectivity index (χ2n) is 5.72. The molecular weight excluding hydrogens is 288 g/mol. The molecule has 1 saturated heterocycles. The number of aromatic nitrogens is 3. The molecule has 5 nitrogen and oxygen atoms in total. The molecule has 0 bridgehead atoms. The van der Waals surface area contributed by atoms with Gasteiger partial charge in [0.2, 0.25) is 0 Å². The molecule has 0 saturated carbocycles. The summed E-state index contributed by atoms with van der Waals surface area (Å²) < 4.78 is 5.65. The molecule has 0 aliphatic carbocycles. The van der Waals surface area contributed by atoms with Crippen LogP contribution in [0.3, 0.4) is 0 Å². The smallest absolute Gasteiger partial charge is 0.158 e. The third-order valence-electron chi connectivity index (χ3n) is 4.11. The lowest BCUT2D eigenvalue weighted by Gasteiger charge is -2.15. The van der Waals surface area contributed by atoms with E-state index in [0.29, 0.717) is 0 Å². The number of fused-ring (bicyclic) bond motifs is 1. The van der Waals surface area contributed by atoms with Gasteiger partial charge in [-0.25, -0.2) is 0 Å². The molecule has 1 unspecified atom stereocenters. The van der Waals surface area contributed by atoms with E-state index < -0.39 is 0 Å². The van der Waals surface area contributed by atoms with Crippen molar-refractivity contribution in [1.82, 2.24) is 15.2 Å². The monoisotopic (exact) mass is 306 g/mol. The highest BCUT2D eigenvalue weighted by atomic mass is 16.5. The third-order valence-corrected chi connectivity index (χ3v) is 4.11. The van der Waals surface area contributed by atoms with Crippen molar-refractivity contribution in [3.05, 3.63) is 60.0 Å². The Morgan fingerprint density at radius 2 is 1.87 bits per heavy atom. The number of hydrogen-bond donors (Lipinski definition) is 1. The predicted molar refractivity (Wildman–Crippen MR) is 89.2 cm³/mol. The minimum Gasteiger partial charge on any atom is -0.359 e. The Balaban J connectivity index is 1.70. The van der Waals surface area contributed by atoms with Gasteiger partial charge in [0.15, 0.2) is 5.82 Å². The summed E-state index contributed by atoms with van der Waals surface area (Å²) in [5.74, 6) is 0.797. The molecule has 1 aromatic carbocycles. The number of pyridine rings is 1. The van der Waals surface area contributed by atoms with Crippen molar-refractivity contribution < 1.29 is 4.74 Å². The highest BCUT2D eigenvalue weighted by Gasteiger charge is 2.17. The first kappa shape index (κ1) is 14.1. The maximum atomic E-state index is 5.65. The largest absolute Gasteiger partial charge is 0.359 e. The zero-order valence-electron chi connectivity index (χ0n) is 12.8. The van der Waals surface area contributed by atoms with Crippen LogP contribution in [-0.2, 0) is 11.2 Å². The topological polar surface area (TPSA) is 59.9 Å². The number of hydrogen-bond acceptors (Lipinski definition) is 5. The van der Waals surface area contributed by atoms with E-state index in [1.165, 1.54) is 5.56 Å². The lowest BCUT2D eigenvalue weighted by molar-refractivity contribution is 0.131. The molecule has 3 aromatic rings. The van der Waals surface area contributed by atoms with E-state index in [1.807, 2.05) is 24.3 Å². The van der Waals surface area contributed by atoms with Crippen molar-refractivity contribution in [2.75, 3.05) is 11.9 Å². The molecule has 1 fully saturated rings. The first-order valence-electron chi connectivity index (χ1n) is 7.91. The fourth-order valence-corrected chi connectivity index (χ4v) is 2.93. The van der Waals surface area contributed by atoms with E-state index in [9.17, 15) is 0 Å². The molecular formula is C18H18N4O. The summed E-state index contributed by atoms with van der Waals surface area (Å²) in [6.45, 7) is 0.809. The molecule has 5 heteroatoms. The van der Waals surface area contributed by atoms with Crippen LogP contribution in [0.15, 0.2) is 48.8 Å². The number of benzene rings is 1. The highest BCUT2D eigenvalue weighted by molar-refractivity contribution is 5.93. The Morgan fingerprint density at radius 3 is 2.65 bits per heavy atom. The SMILES string of the molecule is c1ccc2c(NC3CCCO3)nnc(Cc3ccncc3)c2c1. The van der Waals surface area contributed by atoms with Crippen LogP contribution in [0.4, 0.5) is 5.82 Å². The van der Waals surface area contributed by atoms with Gasteiger partial charge in [0.25, 0.3) is 0 Å². The Hall–Kier alpha value is -2.53. The van der Waals surface area contributed by atoms with E-state index >= 15 is 0 Å². The number of anilines is 1. The van der Waals surface area contributed by atoms with Crippen LogP contribution < -0.4 is 5.32 Å². The minimum absolute atomic E-state index is 0.0405. The fourth-order valence-electron chi connectivity index (χ4n) is 2.93. The molecule has 1 N–H and O–H groups in total. The van der Waals surface area contributed by atoms with Crippen molar-refractivity contribution in [2.24, 2.45) is 0 Å². The van der Waals surface area contributed by atoms with E-state index in [2.05, 4.69) is 32.6 Å². The molecule has 3 heterocycles. The quantitative estimate of drug-likeness (QED) is 0.802. The van der Waals surface area contributed by atoms with E-state index in [4.69, 9.17) is 4.74 Å². The van der Waals surface area contributed by atoms with Gasteiger partial charge in [-0.2, -0.15) is 5.10 Å². The van der Waals surface area contributed by atoms with E-state index in [1.54, 1.807) is 12.4 Å². The average Bonchev–Trinajstić information content (AvgIpc) is 3.11. The second kappa shape index (κ2) is 6.30. The lowest BCUT2D eigenvalue weighted by Crippen LogP contribution is -2.19. The van der Waals surface area contributed by atoms with Gasteiger partial charge in [-0.15, -0.1) is 5.10 Å². The third kappa shape index (κ3) is 3.00. The molecule has 1 aliphatic heterocycles. The van der Waals surface area contributed by atoms with Crippen molar-refractivity contribution >= 4 is 16.6 Å². The lowest BCUT2D eigenvalue weighted by atomic mass is 10.1. The number of nitrogens with one attached hydrogen (secondary N) is 1. The molecule has 1 atom stereocenters. The Bertz CT molecular complexity index is 800. The molecule has 23 heavy (non-hydrogen) atoms. The van der Waals surface area contributed by atoms with Gasteiger partial charge in [-0.3, -0.25) is 4.98 Å². The number of rotatable bonds is 4. The van der Waals surface area contributed by atoms with Crippen LogP contribution >= 0.6 is 0 Å². The molecule has 0 amide bonds. The zero-order chi connectivity index (χ0) is 15.5. The summed E-state index contributed by atoms with van der Waals surface area (Å²) in [4.78, 5) is 4.06. The van der Waals surface area contributed by atoms with Crippen LogP contribution in [0, 0.1) is 0 Å². The predicted octanol–water partition coefficient (Wildman–Crippen LogP) is 3.16. The summed E-state index contributed by atoms with van der Waals surface area (Å²) in [5, 5.41) is 14.4. The minimum atomic E-state index is 0.0405. The first-order valence-corrected chi connectivity index (χ1v) is 7.91. The molecule has 1 aliphatic rings. The Morgan fingerprint density at radius 1 is 1.04 bits per heavy atom. The van der Waals surface area contributed by atoms with Gasteiger partial charge in [-0.1, -0.05) is 24.3 Å². The van der Waals surface area contributed by atoms with Crippen LogP contribution in [0.5, 0.6) is 0 Å². The molecule has 2 aromatic heterocycles. The van der Waals surface area contributed by atoms with Gasteiger partial charge < -0.3 is 10.1 Å². The fraction of sp³-hybridized carbons (Fsp3) is 0.278. The first-order chi connectivity index (χ1) is 11.4. The van der Waals surface area contributed by atoms with E-state index in [0.717, 1.165) is 48.2 Å². The van der Waals surface area contributed by atoms with E-state index in [-0.39, 0.29) is 6.23 Å². The molecule has 0 spiro atoms. The standard InChI is InChI=1S/C18H18N4O/c1-2-5-15-14(4-1)16(12-13-7-9-19-10-8-13)21-22-18(15)20-17-6-3-11-23-17/h1-2,4-5,7-10,17H,3,6,11-12H2,(H,20,22). The Labute approximate surface area is 134 Å². The van der Waals surface area contributed by atoms with Gasteiger partial charge in [0.1, 0.15) is 6.23 Å². The zero-order valence-corrected chi connectivity index (χ0v) is 12.8. The maximum Gasteiger partial charge on any atom is 0.158 e. The highest BCUT2D eigenvalue weighted by Crippen LogP contribution is 2.26. The average molecular weight is 306 g/mol. The molecule has 0 radical (unpaired) electrons. The summed E-state index contributed by atoms with van der Waals surface area (Å²) in [5.41, 5.74) is 2.16. The number of nitrogens with zero attached hydrogens (tertiary/aromatic N) is 3. The van der Waals surface area contributed by atoms with Crippen LogP contribution in [0.2, 0.25) is 0 Å². The van der Waals surface area contributed by atoms with Crippen molar-refractivity contribution in [1.29, 1.82) is 0 Å². The normalized spacial score (nSPS) is 17.5. The van der Waals surface area contributed by atoms with Crippen molar-refractivity contribution in [2.45, 2.75) is 25.5 Å². The Kier molecular flexibility index (Phi) is 3.86. The van der Waals surface area contributed by atoms with Crippen molar-refractivity contribution in [3.8, 4) is 0 Å². The second-order valence-corrected chi connectivity index (χ2v) is 5.72. The summed E-state index contributed by atoms with van der Waals surface area (Å²) in [7, 11) is 0. The van der Waals surface area contributed by atoms with Crippen LogP contribution in [-0.4, -0.2) is 28.0 Å². The summed E-state index contributed by atoms with van der Waals surface area (Å²) in [6, 6.07) is 12.3. The summed E-state index contributed by atoms with van der Waals surface area (Å²) >= 11 is 0. The van der Waals surface area contributed by atoms with Gasteiger partial charge >= 0.3 is 0 Å². The van der Waals surface area contributed by atoms with Gasteiger partial charge in [0.05, 0.1) is 5.69 Å². The maximum absolute atomic E-state index is 5.65. The van der Waals surface area contributed by atoms with Gasteiger partial charge in [-0.05, 0) is 30.5 Å².